The summed E-state index contributed by atoms with van der Waals surface area (Å²) in [4.78, 5) is 19.5. The van der Waals surface area contributed by atoms with Gasteiger partial charge in [0.25, 0.3) is 0 Å². The molecule has 5 heteroatoms. The van der Waals surface area contributed by atoms with Gasteiger partial charge in [-0.1, -0.05) is 50.1 Å². The van der Waals surface area contributed by atoms with Crippen LogP contribution in [0, 0.1) is 0 Å². The highest BCUT2D eigenvalue weighted by Crippen LogP contribution is 2.23. The Hall–Kier alpha value is -1.72. The van der Waals surface area contributed by atoms with E-state index in [0.29, 0.717) is 12.5 Å². The first-order valence-corrected chi connectivity index (χ1v) is 10.6. The quantitative estimate of drug-likeness (QED) is 0.759. The highest BCUT2D eigenvalue weighted by molar-refractivity contribution is 7.13. The zero-order valence-corrected chi connectivity index (χ0v) is 16.4. The number of unbranched alkanes of at least 4 members (excludes halogenated alkanes) is 1. The summed E-state index contributed by atoms with van der Waals surface area (Å²) in [6.45, 7) is 5.33. The Morgan fingerprint density at radius 3 is 2.96 bits per heavy atom. The van der Waals surface area contributed by atoms with Crippen molar-refractivity contribution in [2.45, 2.75) is 51.5 Å². The molecular formula is C21H29N3OS. The third-order valence-corrected chi connectivity index (χ3v) is 5.94. The van der Waals surface area contributed by atoms with Gasteiger partial charge in [0, 0.05) is 23.5 Å². The number of benzene rings is 1. The Labute approximate surface area is 160 Å². The van der Waals surface area contributed by atoms with Crippen LogP contribution in [0.25, 0.3) is 10.6 Å². The van der Waals surface area contributed by atoms with Gasteiger partial charge in [-0.05, 0) is 32.4 Å². The van der Waals surface area contributed by atoms with Crippen molar-refractivity contribution >= 4 is 17.2 Å². The van der Waals surface area contributed by atoms with E-state index in [-0.39, 0.29) is 5.91 Å². The molecule has 0 bridgehead atoms. The van der Waals surface area contributed by atoms with Crippen LogP contribution in [0.3, 0.4) is 0 Å². The molecule has 1 aromatic heterocycles. The molecule has 140 valence electrons. The summed E-state index contributed by atoms with van der Waals surface area (Å²) in [6, 6.07) is 10.6. The predicted octanol–water partition coefficient (Wildman–Crippen LogP) is 4.12. The normalized spacial score (nSPS) is 18.0. The molecule has 4 nitrogen and oxygen atoms in total. The summed E-state index contributed by atoms with van der Waals surface area (Å²) < 4.78 is 0. The molecule has 2 aromatic rings. The van der Waals surface area contributed by atoms with E-state index in [1.807, 2.05) is 23.6 Å². The second-order valence-electron chi connectivity index (χ2n) is 7.03. The molecule has 1 aromatic carbocycles. The molecule has 0 saturated carbocycles. The molecule has 3 rings (SSSR count). The second-order valence-corrected chi connectivity index (χ2v) is 7.89. The molecule has 1 N–H and O–H groups in total. The van der Waals surface area contributed by atoms with Gasteiger partial charge >= 0.3 is 0 Å². The largest absolute Gasteiger partial charge is 0.354 e. The maximum atomic E-state index is 12.4. The van der Waals surface area contributed by atoms with Crippen molar-refractivity contribution in [1.29, 1.82) is 0 Å². The second kappa shape index (κ2) is 9.83. The number of aromatic nitrogens is 1. The van der Waals surface area contributed by atoms with Crippen LogP contribution in [0.1, 0.15) is 44.7 Å². The van der Waals surface area contributed by atoms with Crippen LogP contribution in [-0.2, 0) is 11.2 Å². The lowest BCUT2D eigenvalue weighted by Gasteiger charge is -2.35. The number of hydrogen-bond donors (Lipinski definition) is 1. The van der Waals surface area contributed by atoms with E-state index < -0.39 is 0 Å². The lowest BCUT2D eigenvalue weighted by molar-refractivity contribution is -0.120. The summed E-state index contributed by atoms with van der Waals surface area (Å²) >= 11 is 1.60. The molecule has 26 heavy (non-hydrogen) atoms. The van der Waals surface area contributed by atoms with E-state index in [1.165, 1.54) is 38.6 Å². The lowest BCUT2D eigenvalue weighted by Crippen LogP contribution is -2.47. The highest BCUT2D eigenvalue weighted by Gasteiger charge is 2.22. The maximum absolute atomic E-state index is 12.4. The molecule has 0 radical (unpaired) electrons. The summed E-state index contributed by atoms with van der Waals surface area (Å²) in [7, 11) is 0. The number of hydrogen-bond acceptors (Lipinski definition) is 4. The molecule has 1 amide bonds. The average Bonchev–Trinajstić information content (AvgIpc) is 3.14. The summed E-state index contributed by atoms with van der Waals surface area (Å²) in [5.41, 5.74) is 1.97. The van der Waals surface area contributed by atoms with Crippen molar-refractivity contribution in [2.24, 2.45) is 0 Å². The number of nitrogens with one attached hydrogen (secondary N) is 1. The van der Waals surface area contributed by atoms with Crippen LogP contribution < -0.4 is 5.32 Å². The number of amides is 1. The van der Waals surface area contributed by atoms with Crippen molar-refractivity contribution in [2.75, 3.05) is 19.6 Å². The number of carbonyl (C=O) groups is 1. The van der Waals surface area contributed by atoms with E-state index in [9.17, 15) is 4.79 Å². The average molecular weight is 372 g/mol. The molecule has 1 fully saturated rings. The van der Waals surface area contributed by atoms with Crippen LogP contribution in [0.15, 0.2) is 35.7 Å². The summed E-state index contributed by atoms with van der Waals surface area (Å²) in [6.07, 6.45) is 6.59. The van der Waals surface area contributed by atoms with Crippen LogP contribution in [0.5, 0.6) is 0 Å². The smallest absolute Gasteiger partial charge is 0.226 e. The van der Waals surface area contributed by atoms with E-state index in [0.717, 1.165) is 29.4 Å². The summed E-state index contributed by atoms with van der Waals surface area (Å²) in [5.74, 6) is 0.0796. The highest BCUT2D eigenvalue weighted by atomic mass is 32.1. The maximum Gasteiger partial charge on any atom is 0.226 e. The number of piperidine rings is 1. The summed E-state index contributed by atoms with van der Waals surface area (Å²) in [5, 5.41) is 6.11. The minimum Gasteiger partial charge on any atom is -0.354 e. The van der Waals surface area contributed by atoms with E-state index in [2.05, 4.69) is 34.3 Å². The number of nitrogens with zero attached hydrogens (tertiary/aromatic N) is 2. The standard InChI is InChI=1S/C21H29N3OS/c1-2-3-12-24-13-8-7-11-19(24)15-22-20(25)14-18-16-26-21(23-18)17-9-5-4-6-10-17/h4-6,9-10,16,19H,2-3,7-8,11-15H2,1H3,(H,22,25). The van der Waals surface area contributed by atoms with Gasteiger partial charge in [-0.25, -0.2) is 4.98 Å². The van der Waals surface area contributed by atoms with E-state index >= 15 is 0 Å². The Kier molecular flexibility index (Phi) is 7.21. The van der Waals surface area contributed by atoms with Gasteiger partial charge in [-0.15, -0.1) is 11.3 Å². The molecule has 1 aliphatic heterocycles. The van der Waals surface area contributed by atoms with Gasteiger partial charge in [-0.3, -0.25) is 9.69 Å². The zero-order valence-electron chi connectivity index (χ0n) is 15.6. The molecule has 0 aliphatic carbocycles. The van der Waals surface area contributed by atoms with Gasteiger partial charge in [0.1, 0.15) is 5.01 Å². The lowest BCUT2D eigenvalue weighted by atomic mass is 10.0. The fourth-order valence-electron chi connectivity index (χ4n) is 3.51. The van der Waals surface area contributed by atoms with Crippen LogP contribution >= 0.6 is 11.3 Å². The monoisotopic (exact) mass is 371 g/mol. The number of carbonyl (C=O) groups excluding carboxylic acids is 1. The molecule has 1 unspecified atom stereocenters. The fraction of sp³-hybridized carbons (Fsp3) is 0.524. The first-order valence-electron chi connectivity index (χ1n) is 9.77. The topological polar surface area (TPSA) is 45.2 Å². The number of thiazole rings is 1. The van der Waals surface area contributed by atoms with Gasteiger partial charge in [0.05, 0.1) is 12.1 Å². The van der Waals surface area contributed by atoms with Crippen molar-refractivity contribution < 1.29 is 4.79 Å². The van der Waals surface area contributed by atoms with E-state index in [4.69, 9.17) is 0 Å². The first-order chi connectivity index (χ1) is 12.8. The third kappa shape index (κ3) is 5.39. The van der Waals surface area contributed by atoms with Crippen LogP contribution in [0.2, 0.25) is 0 Å². The van der Waals surface area contributed by atoms with Gasteiger partial charge < -0.3 is 5.32 Å². The third-order valence-electron chi connectivity index (χ3n) is 5.00. The predicted molar refractivity (Wildman–Crippen MR) is 108 cm³/mol. The minimum atomic E-state index is 0.0796. The molecular weight excluding hydrogens is 342 g/mol. The first kappa shape index (κ1) is 19.1. The van der Waals surface area contributed by atoms with Crippen molar-refractivity contribution in [3.8, 4) is 10.6 Å². The molecule has 2 heterocycles. The van der Waals surface area contributed by atoms with Crippen molar-refractivity contribution in [3.05, 3.63) is 41.4 Å². The minimum absolute atomic E-state index is 0.0796. The van der Waals surface area contributed by atoms with Crippen LogP contribution in [0.4, 0.5) is 0 Å². The van der Waals surface area contributed by atoms with Gasteiger partial charge in [-0.2, -0.15) is 0 Å². The Bertz CT molecular complexity index is 686. The van der Waals surface area contributed by atoms with E-state index in [1.54, 1.807) is 11.3 Å². The zero-order chi connectivity index (χ0) is 18.2. The molecule has 0 spiro atoms. The number of rotatable bonds is 8. The Morgan fingerprint density at radius 1 is 1.31 bits per heavy atom. The Balaban J connectivity index is 1.49. The molecule has 1 aliphatic rings. The molecule has 1 atom stereocenters. The van der Waals surface area contributed by atoms with Crippen molar-refractivity contribution in [1.82, 2.24) is 15.2 Å². The van der Waals surface area contributed by atoms with Crippen LogP contribution in [-0.4, -0.2) is 41.5 Å². The van der Waals surface area contributed by atoms with Gasteiger partial charge in [0.2, 0.25) is 5.91 Å². The van der Waals surface area contributed by atoms with Crippen molar-refractivity contribution in [3.63, 3.8) is 0 Å². The van der Waals surface area contributed by atoms with Gasteiger partial charge in [0.15, 0.2) is 0 Å². The molecule has 1 saturated heterocycles. The Morgan fingerprint density at radius 2 is 2.15 bits per heavy atom. The SMILES string of the molecule is CCCCN1CCCCC1CNC(=O)Cc1csc(-c2ccccc2)n1. The number of likely N-dealkylation sites (tertiary alicyclic amines) is 1. The fourth-order valence-corrected chi connectivity index (χ4v) is 4.33.